The van der Waals surface area contributed by atoms with E-state index in [1.807, 2.05) is 54.2 Å². The van der Waals surface area contributed by atoms with Crippen molar-refractivity contribution in [3.05, 3.63) is 71.7 Å². The van der Waals surface area contributed by atoms with E-state index in [1.54, 1.807) is 16.9 Å². The van der Waals surface area contributed by atoms with Crippen LogP contribution in [0.3, 0.4) is 0 Å². The van der Waals surface area contributed by atoms with Crippen molar-refractivity contribution in [2.24, 2.45) is 7.05 Å². The Kier molecular flexibility index (Phi) is 6.14. The topological polar surface area (TPSA) is 114 Å². The molecular weight excluding hydrogens is 434 g/mol. The normalized spacial score (nSPS) is 18.3. The summed E-state index contributed by atoms with van der Waals surface area (Å²) < 4.78 is 9.01. The van der Waals surface area contributed by atoms with Crippen LogP contribution in [0, 0.1) is 0 Å². The molecule has 1 aromatic carbocycles. The predicted molar refractivity (Wildman–Crippen MR) is 126 cm³/mol. The highest BCUT2D eigenvalue weighted by molar-refractivity contribution is 6.05. The van der Waals surface area contributed by atoms with Crippen LogP contribution in [-0.2, 0) is 24.9 Å². The summed E-state index contributed by atoms with van der Waals surface area (Å²) in [5.74, 6) is -0.303. The minimum Gasteiger partial charge on any atom is -0.390 e. The molecule has 3 aromatic heterocycles. The summed E-state index contributed by atoms with van der Waals surface area (Å²) in [6.07, 6.45) is 3.50. The Morgan fingerprint density at radius 2 is 2.03 bits per heavy atom. The van der Waals surface area contributed by atoms with E-state index in [0.717, 1.165) is 22.3 Å². The van der Waals surface area contributed by atoms with Crippen molar-refractivity contribution in [3.8, 4) is 11.3 Å². The number of aliphatic hydroxyl groups excluding tert-OH is 2. The Labute approximate surface area is 196 Å². The molecule has 1 aliphatic heterocycles. The lowest BCUT2D eigenvalue weighted by Crippen LogP contribution is -2.48. The van der Waals surface area contributed by atoms with E-state index in [9.17, 15) is 15.0 Å². The van der Waals surface area contributed by atoms with Gasteiger partial charge in [-0.1, -0.05) is 24.3 Å². The monoisotopic (exact) mass is 461 g/mol. The number of hydrogen-bond acceptors (Lipinski definition) is 6. The van der Waals surface area contributed by atoms with E-state index in [-0.39, 0.29) is 25.2 Å². The Morgan fingerprint density at radius 3 is 2.74 bits per heavy atom. The molecule has 0 unspecified atom stereocenters. The van der Waals surface area contributed by atoms with E-state index in [4.69, 9.17) is 4.74 Å². The first-order valence-electron chi connectivity index (χ1n) is 11.3. The van der Waals surface area contributed by atoms with Crippen LogP contribution in [0.5, 0.6) is 0 Å². The van der Waals surface area contributed by atoms with Gasteiger partial charge in [0.05, 0.1) is 47.8 Å². The summed E-state index contributed by atoms with van der Waals surface area (Å²) in [6, 6.07) is 13.4. The lowest BCUT2D eigenvalue weighted by Gasteiger charge is -2.28. The molecule has 2 atom stereocenters. The van der Waals surface area contributed by atoms with E-state index < -0.39 is 6.10 Å². The maximum absolute atomic E-state index is 13.2. The van der Waals surface area contributed by atoms with Crippen molar-refractivity contribution in [1.82, 2.24) is 24.6 Å². The fraction of sp³-hybridized carbons (Fsp3) is 0.320. The summed E-state index contributed by atoms with van der Waals surface area (Å²) in [5.41, 5.74) is 5.23. The smallest absolute Gasteiger partial charge is 0.255 e. The maximum Gasteiger partial charge on any atom is 0.255 e. The highest BCUT2D eigenvalue weighted by Crippen LogP contribution is 2.24. The fourth-order valence-corrected chi connectivity index (χ4v) is 4.28. The SMILES string of the molecule is Cn1ccc(-c2ccc(Cn3cc(C(=O)N[C@H]4CCOC[C@@H]4O)c4nc(CO)ccc43)cc2)n1. The van der Waals surface area contributed by atoms with E-state index in [1.165, 1.54) is 0 Å². The zero-order chi connectivity index (χ0) is 23.7. The average Bonchev–Trinajstić information content (AvgIpc) is 3.44. The second-order valence-corrected chi connectivity index (χ2v) is 8.58. The van der Waals surface area contributed by atoms with Crippen LogP contribution in [0.25, 0.3) is 22.3 Å². The van der Waals surface area contributed by atoms with Crippen molar-refractivity contribution >= 4 is 16.9 Å². The molecule has 0 spiro atoms. The molecule has 0 saturated carbocycles. The third-order valence-corrected chi connectivity index (χ3v) is 6.15. The van der Waals surface area contributed by atoms with E-state index in [0.29, 0.717) is 36.3 Å². The van der Waals surface area contributed by atoms with Gasteiger partial charge in [-0.15, -0.1) is 0 Å². The van der Waals surface area contributed by atoms with Crippen molar-refractivity contribution in [3.63, 3.8) is 0 Å². The number of aliphatic hydroxyl groups is 2. The van der Waals surface area contributed by atoms with Crippen molar-refractivity contribution in [2.45, 2.75) is 31.7 Å². The molecule has 34 heavy (non-hydrogen) atoms. The van der Waals surface area contributed by atoms with Crippen molar-refractivity contribution < 1.29 is 19.7 Å². The summed E-state index contributed by atoms with van der Waals surface area (Å²) in [5, 5.41) is 27.1. The molecule has 1 aliphatic rings. The van der Waals surface area contributed by atoms with Gasteiger partial charge in [0.2, 0.25) is 0 Å². The first kappa shape index (κ1) is 22.3. The highest BCUT2D eigenvalue weighted by Gasteiger charge is 2.27. The van der Waals surface area contributed by atoms with Gasteiger partial charge in [0.25, 0.3) is 5.91 Å². The molecule has 1 amide bonds. The van der Waals surface area contributed by atoms with Crippen molar-refractivity contribution in [1.29, 1.82) is 0 Å². The predicted octanol–water partition coefficient (Wildman–Crippen LogP) is 1.86. The molecule has 9 nitrogen and oxygen atoms in total. The molecule has 1 fully saturated rings. The molecule has 0 radical (unpaired) electrons. The quantitative estimate of drug-likeness (QED) is 0.404. The van der Waals surface area contributed by atoms with Crippen LogP contribution in [0.15, 0.2) is 54.9 Å². The summed E-state index contributed by atoms with van der Waals surface area (Å²) in [7, 11) is 1.89. The van der Waals surface area contributed by atoms with Gasteiger partial charge in [0, 0.05) is 38.2 Å². The van der Waals surface area contributed by atoms with Crippen LogP contribution >= 0.6 is 0 Å². The second kappa shape index (κ2) is 9.38. The molecule has 176 valence electrons. The highest BCUT2D eigenvalue weighted by atomic mass is 16.5. The fourth-order valence-electron chi connectivity index (χ4n) is 4.28. The third kappa shape index (κ3) is 4.45. The van der Waals surface area contributed by atoms with Crippen molar-refractivity contribution in [2.75, 3.05) is 13.2 Å². The number of carbonyl (C=O) groups is 1. The van der Waals surface area contributed by atoms with E-state index >= 15 is 0 Å². The number of amides is 1. The minimum atomic E-state index is -0.746. The van der Waals surface area contributed by atoms with E-state index in [2.05, 4.69) is 15.4 Å². The Hall–Kier alpha value is -3.53. The molecule has 9 heteroatoms. The number of fused-ring (bicyclic) bond motifs is 1. The molecule has 4 heterocycles. The molecule has 5 rings (SSSR count). The standard InChI is InChI=1S/C25H27N5O4/c1-29-10-8-20(28-29)17-4-2-16(3-5-17)12-30-13-19(24-22(30)7-6-18(14-31)26-24)25(33)27-21-9-11-34-15-23(21)32/h2-8,10,13,21,23,31-32H,9,11-12,14-15H2,1H3,(H,27,33)/t21-,23-/m0/s1. The number of aryl methyl sites for hydroxylation is 1. The lowest BCUT2D eigenvalue weighted by atomic mass is 10.1. The molecular formula is C25H27N5O4. The summed E-state index contributed by atoms with van der Waals surface area (Å²) in [4.78, 5) is 17.7. The van der Waals surface area contributed by atoms with Gasteiger partial charge < -0.3 is 24.8 Å². The zero-order valence-corrected chi connectivity index (χ0v) is 18.9. The Morgan fingerprint density at radius 1 is 1.21 bits per heavy atom. The first-order chi connectivity index (χ1) is 16.5. The van der Waals surface area contributed by atoms with Crippen LogP contribution in [0.4, 0.5) is 0 Å². The van der Waals surface area contributed by atoms with Gasteiger partial charge in [0.15, 0.2) is 0 Å². The third-order valence-electron chi connectivity index (χ3n) is 6.15. The minimum absolute atomic E-state index is 0.202. The summed E-state index contributed by atoms with van der Waals surface area (Å²) >= 11 is 0. The molecule has 4 aromatic rings. The van der Waals surface area contributed by atoms with Gasteiger partial charge in [-0.2, -0.15) is 5.10 Å². The van der Waals surface area contributed by atoms with Gasteiger partial charge in [-0.05, 0) is 30.2 Å². The molecule has 3 N–H and O–H groups in total. The lowest BCUT2D eigenvalue weighted by molar-refractivity contribution is -0.0260. The van der Waals surface area contributed by atoms with Gasteiger partial charge in [0.1, 0.15) is 5.52 Å². The summed E-state index contributed by atoms with van der Waals surface area (Å²) in [6.45, 7) is 1.03. The number of carbonyl (C=O) groups excluding carboxylic acids is 1. The number of nitrogens with zero attached hydrogens (tertiary/aromatic N) is 4. The van der Waals surface area contributed by atoms with Crippen LogP contribution < -0.4 is 5.32 Å². The Bertz CT molecular complexity index is 1310. The Balaban J connectivity index is 1.43. The first-order valence-corrected chi connectivity index (χ1v) is 11.3. The van der Waals surface area contributed by atoms with Crippen LogP contribution in [0.1, 0.15) is 28.0 Å². The number of rotatable bonds is 6. The molecule has 0 aliphatic carbocycles. The van der Waals surface area contributed by atoms with Gasteiger partial charge >= 0.3 is 0 Å². The number of hydrogen-bond donors (Lipinski definition) is 3. The maximum atomic E-state index is 13.2. The van der Waals surface area contributed by atoms with Gasteiger partial charge in [-0.3, -0.25) is 9.48 Å². The number of ether oxygens (including phenoxy) is 1. The average molecular weight is 462 g/mol. The van der Waals surface area contributed by atoms with Crippen LogP contribution in [-0.4, -0.2) is 60.8 Å². The zero-order valence-electron chi connectivity index (χ0n) is 18.9. The second-order valence-electron chi connectivity index (χ2n) is 8.58. The largest absolute Gasteiger partial charge is 0.390 e. The van der Waals surface area contributed by atoms with Crippen LogP contribution in [0.2, 0.25) is 0 Å². The molecule has 1 saturated heterocycles. The van der Waals surface area contributed by atoms with Gasteiger partial charge in [-0.25, -0.2) is 4.98 Å². The number of aromatic nitrogens is 4. The number of pyridine rings is 1. The number of benzene rings is 1. The number of nitrogens with one attached hydrogen (secondary N) is 1. The molecule has 0 bridgehead atoms.